The van der Waals surface area contributed by atoms with Gasteiger partial charge in [-0.05, 0) is 100 Å². The Morgan fingerprint density at radius 2 is 1.59 bits per heavy atom. The van der Waals surface area contributed by atoms with Crippen LogP contribution in [0, 0.1) is 6.92 Å². The van der Waals surface area contributed by atoms with Gasteiger partial charge in [0.1, 0.15) is 12.1 Å². The fraction of sp³-hybridized carbons (Fsp3) is 0.250. The van der Waals surface area contributed by atoms with E-state index < -0.39 is 10.0 Å². The average molecular weight is 567 g/mol. The number of sulfonamides is 1. The molecule has 1 fully saturated rings. The van der Waals surface area contributed by atoms with Crippen molar-refractivity contribution >= 4 is 38.1 Å². The third-order valence-corrected chi connectivity index (χ3v) is 8.94. The molecule has 8 nitrogen and oxygen atoms in total. The SMILES string of the molecule is Cc1ccc(S(=O)(=O)Nc2ccc(Nc3cc(-c4ccc5c(ccn5CCCN5CCCC5)c4)ncn3)cc2)cc1. The molecule has 0 aliphatic carbocycles. The minimum absolute atomic E-state index is 0.228. The van der Waals surface area contributed by atoms with Crippen LogP contribution in [0.1, 0.15) is 24.8 Å². The number of nitrogens with zero attached hydrogens (tertiary/aromatic N) is 4. The third kappa shape index (κ3) is 6.42. The zero-order valence-corrected chi connectivity index (χ0v) is 23.9. The first-order valence-corrected chi connectivity index (χ1v) is 15.5. The van der Waals surface area contributed by atoms with Gasteiger partial charge in [0.15, 0.2) is 0 Å². The molecule has 0 amide bonds. The maximum atomic E-state index is 12.7. The molecule has 0 atom stereocenters. The summed E-state index contributed by atoms with van der Waals surface area (Å²) in [5.74, 6) is 0.655. The summed E-state index contributed by atoms with van der Waals surface area (Å²) in [5.41, 5.74) is 5.36. The van der Waals surface area contributed by atoms with Crippen LogP contribution in [0.3, 0.4) is 0 Å². The molecular formula is C32H34N6O2S. The Hall–Kier alpha value is -4.21. The first kappa shape index (κ1) is 27.0. The number of aromatic nitrogens is 3. The molecule has 1 saturated heterocycles. The number of aryl methyl sites for hydroxylation is 2. The Kier molecular flexibility index (Phi) is 7.71. The van der Waals surface area contributed by atoms with Gasteiger partial charge in [-0.15, -0.1) is 0 Å². The van der Waals surface area contributed by atoms with E-state index in [9.17, 15) is 8.42 Å². The summed E-state index contributed by atoms with van der Waals surface area (Å²) in [4.78, 5) is 11.7. The summed E-state index contributed by atoms with van der Waals surface area (Å²) in [6, 6.07) is 24.4. The molecule has 3 aromatic carbocycles. The number of fused-ring (bicyclic) bond motifs is 1. The quantitative estimate of drug-likeness (QED) is 0.202. The molecule has 2 N–H and O–H groups in total. The van der Waals surface area contributed by atoms with Gasteiger partial charge >= 0.3 is 0 Å². The van der Waals surface area contributed by atoms with Gasteiger partial charge in [-0.25, -0.2) is 18.4 Å². The fourth-order valence-electron chi connectivity index (χ4n) is 5.31. The lowest BCUT2D eigenvalue weighted by atomic mass is 10.1. The Labute approximate surface area is 241 Å². The summed E-state index contributed by atoms with van der Waals surface area (Å²) >= 11 is 0. The number of rotatable bonds is 10. The molecule has 1 aliphatic rings. The number of anilines is 3. The molecule has 0 radical (unpaired) electrons. The Morgan fingerprint density at radius 1 is 0.829 bits per heavy atom. The zero-order valence-electron chi connectivity index (χ0n) is 23.1. The van der Waals surface area contributed by atoms with Gasteiger partial charge in [0.25, 0.3) is 10.0 Å². The van der Waals surface area contributed by atoms with Gasteiger partial charge in [-0.3, -0.25) is 4.72 Å². The molecule has 5 aromatic rings. The van der Waals surface area contributed by atoms with E-state index >= 15 is 0 Å². The van der Waals surface area contributed by atoms with Crippen LogP contribution in [0.15, 0.2) is 96.3 Å². The van der Waals surface area contributed by atoms with Crippen LogP contribution in [-0.4, -0.2) is 47.5 Å². The highest BCUT2D eigenvalue weighted by atomic mass is 32.2. The van der Waals surface area contributed by atoms with Crippen LogP contribution in [0.25, 0.3) is 22.2 Å². The molecule has 9 heteroatoms. The highest BCUT2D eigenvalue weighted by Gasteiger charge is 2.14. The van der Waals surface area contributed by atoms with Crippen molar-refractivity contribution in [2.75, 3.05) is 29.7 Å². The smallest absolute Gasteiger partial charge is 0.261 e. The molecular weight excluding hydrogens is 532 g/mol. The molecule has 0 unspecified atom stereocenters. The van der Waals surface area contributed by atoms with E-state index in [1.165, 1.54) is 43.4 Å². The monoisotopic (exact) mass is 566 g/mol. The summed E-state index contributed by atoms with van der Waals surface area (Å²) in [6.45, 7) is 6.59. The molecule has 0 bridgehead atoms. The van der Waals surface area contributed by atoms with Crippen molar-refractivity contribution in [2.24, 2.45) is 0 Å². The van der Waals surface area contributed by atoms with Crippen molar-refractivity contribution in [2.45, 2.75) is 37.6 Å². The van der Waals surface area contributed by atoms with Crippen molar-refractivity contribution in [1.29, 1.82) is 0 Å². The molecule has 0 saturated carbocycles. The van der Waals surface area contributed by atoms with Crippen LogP contribution in [-0.2, 0) is 16.6 Å². The highest BCUT2D eigenvalue weighted by molar-refractivity contribution is 7.92. The summed E-state index contributed by atoms with van der Waals surface area (Å²) in [6.07, 6.45) is 7.55. The van der Waals surface area contributed by atoms with Gasteiger partial charge in [-0.2, -0.15) is 0 Å². The van der Waals surface area contributed by atoms with Gasteiger partial charge in [0.2, 0.25) is 0 Å². The van der Waals surface area contributed by atoms with Gasteiger partial charge in [0.05, 0.1) is 10.6 Å². The third-order valence-electron chi connectivity index (χ3n) is 7.55. The highest BCUT2D eigenvalue weighted by Crippen LogP contribution is 2.27. The average Bonchev–Trinajstić information content (AvgIpc) is 3.64. The van der Waals surface area contributed by atoms with Crippen molar-refractivity contribution < 1.29 is 8.42 Å². The standard InChI is InChI=1S/C32H34N6O2S/c1-24-5-12-29(13-6-24)41(39,40)36-28-10-8-27(9-11-28)35-32-22-30(33-23-34-32)25-7-14-31-26(21-25)15-20-38(31)19-4-18-37-16-2-3-17-37/h5-15,20-23,36H,2-4,16-19H2,1H3,(H,33,34,35). The Bertz CT molecular complexity index is 1740. The number of benzene rings is 3. The van der Waals surface area contributed by atoms with Crippen molar-refractivity contribution in [1.82, 2.24) is 19.4 Å². The van der Waals surface area contributed by atoms with Crippen LogP contribution in [0.2, 0.25) is 0 Å². The van der Waals surface area contributed by atoms with Crippen molar-refractivity contribution in [3.05, 3.63) is 97.0 Å². The second-order valence-corrected chi connectivity index (χ2v) is 12.3. The molecule has 1 aliphatic heterocycles. The molecule has 41 heavy (non-hydrogen) atoms. The normalized spacial score (nSPS) is 14.0. The second kappa shape index (κ2) is 11.7. The minimum Gasteiger partial charge on any atom is -0.347 e. The zero-order chi connectivity index (χ0) is 28.2. The first-order chi connectivity index (χ1) is 19.9. The maximum absolute atomic E-state index is 12.7. The Balaban J connectivity index is 1.11. The number of hydrogen-bond acceptors (Lipinski definition) is 6. The van der Waals surface area contributed by atoms with E-state index in [2.05, 4.69) is 59.9 Å². The fourth-order valence-corrected chi connectivity index (χ4v) is 6.37. The van der Waals surface area contributed by atoms with Crippen molar-refractivity contribution in [3.63, 3.8) is 0 Å². The van der Waals surface area contributed by atoms with E-state index in [4.69, 9.17) is 0 Å². The lowest BCUT2D eigenvalue weighted by Crippen LogP contribution is -2.21. The molecule has 2 aromatic heterocycles. The van der Waals surface area contributed by atoms with E-state index in [0.717, 1.165) is 35.5 Å². The van der Waals surface area contributed by atoms with E-state index in [0.29, 0.717) is 11.5 Å². The van der Waals surface area contributed by atoms with Gasteiger partial charge in [-0.1, -0.05) is 23.8 Å². The Morgan fingerprint density at radius 3 is 2.37 bits per heavy atom. The predicted octanol–water partition coefficient (Wildman–Crippen LogP) is 6.44. The minimum atomic E-state index is -3.66. The molecule has 3 heterocycles. The second-order valence-electron chi connectivity index (χ2n) is 10.6. The largest absolute Gasteiger partial charge is 0.347 e. The van der Waals surface area contributed by atoms with E-state index in [1.54, 1.807) is 42.7 Å². The predicted molar refractivity (Wildman–Crippen MR) is 165 cm³/mol. The molecule has 210 valence electrons. The van der Waals surface area contributed by atoms with E-state index in [1.807, 2.05) is 25.1 Å². The maximum Gasteiger partial charge on any atom is 0.261 e. The van der Waals surface area contributed by atoms with Crippen LogP contribution >= 0.6 is 0 Å². The molecule has 0 spiro atoms. The lowest BCUT2D eigenvalue weighted by Gasteiger charge is -2.14. The first-order valence-electron chi connectivity index (χ1n) is 14.0. The van der Waals surface area contributed by atoms with Crippen LogP contribution in [0.5, 0.6) is 0 Å². The number of nitrogens with one attached hydrogen (secondary N) is 2. The summed E-state index contributed by atoms with van der Waals surface area (Å²) in [7, 11) is -3.66. The summed E-state index contributed by atoms with van der Waals surface area (Å²) < 4.78 is 30.4. The lowest BCUT2D eigenvalue weighted by molar-refractivity contribution is 0.326. The van der Waals surface area contributed by atoms with Crippen LogP contribution in [0.4, 0.5) is 17.2 Å². The van der Waals surface area contributed by atoms with Crippen LogP contribution < -0.4 is 10.0 Å². The molecule has 6 rings (SSSR count). The number of likely N-dealkylation sites (tertiary alicyclic amines) is 1. The topological polar surface area (TPSA) is 92.2 Å². The summed E-state index contributed by atoms with van der Waals surface area (Å²) in [5, 5.41) is 4.49. The number of hydrogen-bond donors (Lipinski definition) is 2. The van der Waals surface area contributed by atoms with Crippen molar-refractivity contribution in [3.8, 4) is 11.3 Å². The van der Waals surface area contributed by atoms with Gasteiger partial charge < -0.3 is 14.8 Å². The van der Waals surface area contributed by atoms with E-state index in [-0.39, 0.29) is 4.90 Å². The van der Waals surface area contributed by atoms with Gasteiger partial charge in [0, 0.05) is 46.6 Å².